The van der Waals surface area contributed by atoms with Crippen molar-refractivity contribution in [2.75, 3.05) is 11.9 Å². The van der Waals surface area contributed by atoms with Gasteiger partial charge in [0.25, 0.3) is 11.8 Å². The van der Waals surface area contributed by atoms with E-state index in [1.165, 1.54) is 6.42 Å². The van der Waals surface area contributed by atoms with E-state index in [0.717, 1.165) is 55.8 Å². The lowest BCUT2D eigenvalue weighted by atomic mass is 9.88. The summed E-state index contributed by atoms with van der Waals surface area (Å²) in [6.45, 7) is 2.68. The summed E-state index contributed by atoms with van der Waals surface area (Å²) in [5, 5.41) is 2.93. The molecule has 1 saturated carbocycles. The van der Waals surface area contributed by atoms with Crippen molar-refractivity contribution in [2.45, 2.75) is 64.7 Å². The molecule has 7 nitrogen and oxygen atoms in total. The van der Waals surface area contributed by atoms with Crippen molar-refractivity contribution in [3.63, 3.8) is 0 Å². The summed E-state index contributed by atoms with van der Waals surface area (Å²) in [6.07, 6.45) is 9.52. The van der Waals surface area contributed by atoms with Gasteiger partial charge in [0, 0.05) is 21.6 Å². The lowest BCUT2D eigenvalue weighted by Gasteiger charge is -2.20. The van der Waals surface area contributed by atoms with Gasteiger partial charge < -0.3 is 10.1 Å². The van der Waals surface area contributed by atoms with Crippen LogP contribution in [0.2, 0.25) is 0 Å². The van der Waals surface area contributed by atoms with Gasteiger partial charge in [-0.15, -0.1) is 0 Å². The van der Waals surface area contributed by atoms with Crippen LogP contribution in [0.5, 0.6) is 5.75 Å². The molecule has 35 heavy (non-hydrogen) atoms. The molecule has 0 saturated heterocycles. The molecule has 2 aromatic carbocycles. The minimum Gasteiger partial charge on any atom is -0.493 e. The molecular formula is C27H34BrN3O4. The smallest absolute Gasteiger partial charge is 0.273 e. The molecule has 0 unspecified atom stereocenters. The van der Waals surface area contributed by atoms with Crippen LogP contribution in [-0.4, -0.2) is 24.3 Å². The number of hydrogen-bond donors (Lipinski definition) is 3. The number of amides is 3. The molecule has 0 radical (unpaired) electrons. The first kappa shape index (κ1) is 26.7. The number of rotatable bonds is 10. The number of hydrazine groups is 1. The molecule has 0 heterocycles. The van der Waals surface area contributed by atoms with Crippen LogP contribution in [0.1, 0.15) is 85.4 Å². The van der Waals surface area contributed by atoms with Gasteiger partial charge in [-0.2, -0.15) is 0 Å². The predicted octanol–water partition coefficient (Wildman–Crippen LogP) is 6.00. The van der Waals surface area contributed by atoms with Crippen LogP contribution in [-0.2, 0) is 4.79 Å². The molecule has 3 amide bonds. The van der Waals surface area contributed by atoms with Gasteiger partial charge in [0.05, 0.1) is 12.2 Å². The normalized spacial score (nSPS) is 13.7. The Balaban J connectivity index is 1.52. The second-order valence-electron chi connectivity index (χ2n) is 8.86. The molecule has 188 valence electrons. The van der Waals surface area contributed by atoms with E-state index >= 15 is 0 Å². The van der Waals surface area contributed by atoms with E-state index in [0.29, 0.717) is 29.2 Å². The first-order valence-corrected chi connectivity index (χ1v) is 13.2. The Morgan fingerprint density at radius 1 is 0.914 bits per heavy atom. The van der Waals surface area contributed by atoms with Crippen molar-refractivity contribution < 1.29 is 19.1 Å². The Bertz CT molecular complexity index is 1000. The molecular weight excluding hydrogens is 510 g/mol. The summed E-state index contributed by atoms with van der Waals surface area (Å²) >= 11 is 3.38. The number of anilines is 1. The fourth-order valence-electron chi connectivity index (χ4n) is 4.08. The lowest BCUT2D eigenvalue weighted by molar-refractivity contribution is -0.120. The monoisotopic (exact) mass is 543 g/mol. The van der Waals surface area contributed by atoms with E-state index in [4.69, 9.17) is 4.74 Å². The maximum atomic E-state index is 12.7. The molecule has 1 aliphatic carbocycles. The summed E-state index contributed by atoms with van der Waals surface area (Å²) in [7, 11) is 0. The summed E-state index contributed by atoms with van der Waals surface area (Å²) in [4.78, 5) is 37.7. The Morgan fingerprint density at radius 2 is 1.63 bits per heavy atom. The van der Waals surface area contributed by atoms with Crippen LogP contribution >= 0.6 is 15.9 Å². The number of halogens is 1. The van der Waals surface area contributed by atoms with E-state index in [9.17, 15) is 14.4 Å². The molecule has 8 heteroatoms. The second kappa shape index (κ2) is 13.9. The van der Waals surface area contributed by atoms with Crippen molar-refractivity contribution in [1.29, 1.82) is 0 Å². The maximum absolute atomic E-state index is 12.7. The fourth-order valence-corrected chi connectivity index (χ4v) is 4.44. The Labute approximate surface area is 215 Å². The van der Waals surface area contributed by atoms with Crippen molar-refractivity contribution in [2.24, 2.45) is 5.92 Å². The third-order valence-electron chi connectivity index (χ3n) is 6.12. The fraction of sp³-hybridized carbons (Fsp3) is 0.444. The van der Waals surface area contributed by atoms with Gasteiger partial charge in [-0.1, -0.05) is 61.4 Å². The molecule has 0 aliphatic heterocycles. The zero-order chi connectivity index (χ0) is 25.0. The van der Waals surface area contributed by atoms with E-state index in [2.05, 4.69) is 39.0 Å². The van der Waals surface area contributed by atoms with Crippen molar-refractivity contribution in [1.82, 2.24) is 10.9 Å². The molecule has 3 rings (SSSR count). The number of unbranched alkanes of at least 4 members (excludes halogenated alkanes) is 3. The van der Waals surface area contributed by atoms with Gasteiger partial charge in [-0.3, -0.25) is 25.2 Å². The molecule has 1 fully saturated rings. The van der Waals surface area contributed by atoms with E-state index in [1.807, 2.05) is 6.07 Å². The topological polar surface area (TPSA) is 96.5 Å². The summed E-state index contributed by atoms with van der Waals surface area (Å²) in [6, 6.07) is 11.8. The van der Waals surface area contributed by atoms with Crippen LogP contribution in [0, 0.1) is 5.92 Å². The highest BCUT2D eigenvalue weighted by Crippen LogP contribution is 2.25. The molecule has 1 aliphatic rings. The predicted molar refractivity (Wildman–Crippen MR) is 140 cm³/mol. The van der Waals surface area contributed by atoms with Gasteiger partial charge in [0.2, 0.25) is 5.91 Å². The average molecular weight is 544 g/mol. The number of hydrogen-bond acceptors (Lipinski definition) is 4. The summed E-state index contributed by atoms with van der Waals surface area (Å²) in [5.74, 6) is -0.369. The largest absolute Gasteiger partial charge is 0.493 e. The lowest BCUT2D eigenvalue weighted by Crippen LogP contribution is -2.41. The minimum atomic E-state index is -0.473. The number of nitrogens with one attached hydrogen (secondary N) is 3. The average Bonchev–Trinajstić information content (AvgIpc) is 2.88. The molecule has 0 atom stereocenters. The highest BCUT2D eigenvalue weighted by molar-refractivity contribution is 9.10. The third kappa shape index (κ3) is 8.38. The van der Waals surface area contributed by atoms with Gasteiger partial charge >= 0.3 is 0 Å². The van der Waals surface area contributed by atoms with Gasteiger partial charge in [-0.25, -0.2) is 0 Å². The highest BCUT2D eigenvalue weighted by atomic mass is 79.9. The Morgan fingerprint density at radius 3 is 2.34 bits per heavy atom. The highest BCUT2D eigenvalue weighted by Gasteiger charge is 2.21. The zero-order valence-electron chi connectivity index (χ0n) is 20.2. The van der Waals surface area contributed by atoms with E-state index in [1.54, 1.807) is 36.4 Å². The van der Waals surface area contributed by atoms with Crippen LogP contribution in [0.4, 0.5) is 5.69 Å². The van der Waals surface area contributed by atoms with Gasteiger partial charge in [-0.05, 0) is 61.7 Å². The first-order chi connectivity index (χ1) is 17.0. The number of ether oxygens (including phenoxy) is 1. The van der Waals surface area contributed by atoms with Crippen LogP contribution in [0.3, 0.4) is 0 Å². The molecule has 0 spiro atoms. The zero-order valence-corrected chi connectivity index (χ0v) is 21.8. The van der Waals surface area contributed by atoms with Crippen molar-refractivity contribution >= 4 is 39.3 Å². The third-order valence-corrected chi connectivity index (χ3v) is 6.62. The standard InChI is InChI=1S/C27H34BrN3O4/c1-2-3-4-8-17-35-24-16-13-21(28)18-23(24)27(34)31-30-26(33)20-11-14-22(15-12-20)29-25(32)19-9-6-5-7-10-19/h11-16,18-19H,2-10,17H2,1H3,(H,29,32)(H,30,33)(H,31,34). The maximum Gasteiger partial charge on any atom is 0.273 e. The van der Waals surface area contributed by atoms with E-state index in [-0.39, 0.29) is 11.8 Å². The molecule has 0 aromatic heterocycles. The van der Waals surface area contributed by atoms with E-state index < -0.39 is 11.8 Å². The second-order valence-corrected chi connectivity index (χ2v) is 9.78. The van der Waals surface area contributed by atoms with Crippen LogP contribution in [0.25, 0.3) is 0 Å². The van der Waals surface area contributed by atoms with Crippen molar-refractivity contribution in [3.8, 4) is 5.75 Å². The number of benzene rings is 2. The quantitative estimate of drug-likeness (QED) is 0.253. The number of carbonyl (C=O) groups is 3. The molecule has 0 bridgehead atoms. The SMILES string of the molecule is CCCCCCOc1ccc(Br)cc1C(=O)NNC(=O)c1ccc(NC(=O)C2CCCCC2)cc1. The van der Waals surface area contributed by atoms with Gasteiger partial charge in [0.15, 0.2) is 0 Å². The molecule has 2 aromatic rings. The molecule has 3 N–H and O–H groups in total. The Hall–Kier alpha value is -2.87. The van der Waals surface area contributed by atoms with Crippen molar-refractivity contribution in [3.05, 3.63) is 58.1 Å². The summed E-state index contributed by atoms with van der Waals surface area (Å²) < 4.78 is 6.55. The summed E-state index contributed by atoms with van der Waals surface area (Å²) in [5.41, 5.74) is 6.24. The minimum absolute atomic E-state index is 0.0339. The van der Waals surface area contributed by atoms with Crippen LogP contribution in [0.15, 0.2) is 46.9 Å². The van der Waals surface area contributed by atoms with Gasteiger partial charge in [0.1, 0.15) is 5.75 Å². The first-order valence-electron chi connectivity index (χ1n) is 12.4. The van der Waals surface area contributed by atoms with Crippen LogP contribution < -0.4 is 20.9 Å². The number of carbonyl (C=O) groups excluding carboxylic acids is 3. The Kier molecular flexibility index (Phi) is 10.6.